The van der Waals surface area contributed by atoms with Crippen molar-refractivity contribution in [3.63, 3.8) is 0 Å². The van der Waals surface area contributed by atoms with Crippen LogP contribution in [-0.2, 0) is 0 Å². The lowest BCUT2D eigenvalue weighted by molar-refractivity contribution is 0.0565. The smallest absolute Gasteiger partial charge is 0.261 e. The second-order valence-corrected chi connectivity index (χ2v) is 14.0. The fraction of sp³-hybridized carbons (Fsp3) is 0.381. The molecule has 0 N–H and O–H groups in total. The molecule has 2 unspecified atom stereocenters. The summed E-state index contributed by atoms with van der Waals surface area (Å²) in [5.74, 6) is -1.23. The van der Waals surface area contributed by atoms with Crippen molar-refractivity contribution in [1.29, 1.82) is 10.5 Å². The summed E-state index contributed by atoms with van der Waals surface area (Å²) in [6, 6.07) is 14.8. The van der Waals surface area contributed by atoms with Crippen LogP contribution in [0.2, 0.25) is 0 Å². The molecule has 2 aliphatic heterocycles. The van der Waals surface area contributed by atoms with Gasteiger partial charge in [-0.05, 0) is 59.7 Å². The number of fused-ring (bicyclic) bond motifs is 2. The zero-order valence-electron chi connectivity index (χ0n) is 29.1. The van der Waals surface area contributed by atoms with Gasteiger partial charge < -0.3 is 0 Å². The maximum Gasteiger partial charge on any atom is 0.261 e. The van der Waals surface area contributed by atoms with E-state index in [2.05, 4.69) is 39.8 Å². The summed E-state index contributed by atoms with van der Waals surface area (Å²) >= 11 is 0. The van der Waals surface area contributed by atoms with Crippen molar-refractivity contribution in [3.8, 4) is 12.1 Å². The van der Waals surface area contributed by atoms with E-state index in [9.17, 15) is 29.7 Å². The Morgan fingerprint density at radius 1 is 0.540 bits per heavy atom. The molecule has 2 atom stereocenters. The second-order valence-electron chi connectivity index (χ2n) is 14.0. The molecular formula is C42H40N4O4. The van der Waals surface area contributed by atoms with Crippen LogP contribution in [0.1, 0.15) is 132 Å². The molecule has 0 aliphatic carbocycles. The van der Waals surface area contributed by atoms with Crippen LogP contribution in [-0.4, -0.2) is 46.5 Å². The number of hydrogen-bond donors (Lipinski definition) is 0. The monoisotopic (exact) mass is 664 g/mol. The second kappa shape index (κ2) is 12.8. The van der Waals surface area contributed by atoms with Crippen LogP contribution in [0.3, 0.4) is 0 Å². The Labute approximate surface area is 291 Å². The molecule has 252 valence electrons. The van der Waals surface area contributed by atoms with Crippen LogP contribution in [0, 0.1) is 34.5 Å². The number of rotatable bonds is 12. The maximum atomic E-state index is 14.2. The molecular weight excluding hydrogens is 624 g/mol. The van der Waals surface area contributed by atoms with Gasteiger partial charge in [0.1, 0.15) is 0 Å². The van der Waals surface area contributed by atoms with E-state index < -0.39 is 11.8 Å². The summed E-state index contributed by atoms with van der Waals surface area (Å²) in [6.45, 7) is 9.00. The van der Waals surface area contributed by atoms with Gasteiger partial charge in [0.2, 0.25) is 0 Å². The molecule has 5 aromatic rings. The first kappa shape index (κ1) is 33.2. The molecule has 8 nitrogen and oxygen atoms in total. The standard InChI is InChI=1S/C42H40N4O4/c1-5-9-11-23(7-3)21-45-39(47)29-15-13-27-34-26(20-44)18-32-36-30(40(48)46(42(32)50)22-24(8-4)12-10-6-2)16-14-28(38(34)36)33-25(19-43)17-31(41(45)49)35(29)37(27)33/h13-18,23-24H,5-12,21-22H2,1-4H3. The third-order valence-electron chi connectivity index (χ3n) is 11.2. The lowest BCUT2D eigenvalue weighted by Crippen LogP contribution is -2.43. The topological polar surface area (TPSA) is 122 Å². The molecule has 4 amide bonds. The van der Waals surface area contributed by atoms with Crippen molar-refractivity contribution in [1.82, 2.24) is 9.80 Å². The molecule has 0 fully saturated rings. The lowest BCUT2D eigenvalue weighted by Gasteiger charge is -2.32. The van der Waals surface area contributed by atoms with Crippen molar-refractivity contribution in [2.75, 3.05) is 13.1 Å². The SMILES string of the molecule is CCCCC(CC)CN1C(=O)c2ccc3c4c(C#N)cc5c6c(ccc(c7c(C#N)cc(c2c37)C1=O)c64)C(=O)N(CC(CC)CCCC)C5=O. The molecule has 2 heterocycles. The van der Waals surface area contributed by atoms with Gasteiger partial charge in [0.05, 0.1) is 34.4 Å². The van der Waals surface area contributed by atoms with Crippen molar-refractivity contribution in [3.05, 3.63) is 69.8 Å². The lowest BCUT2D eigenvalue weighted by atomic mass is 9.79. The number of hydrogen-bond acceptors (Lipinski definition) is 6. The molecule has 5 aromatic carbocycles. The molecule has 50 heavy (non-hydrogen) atoms. The van der Waals surface area contributed by atoms with Crippen LogP contribution in [0.25, 0.3) is 43.1 Å². The minimum Gasteiger partial charge on any atom is -0.274 e. The first-order valence-corrected chi connectivity index (χ1v) is 18.0. The quantitative estimate of drug-likeness (QED) is 0.0745. The van der Waals surface area contributed by atoms with Crippen molar-refractivity contribution in [2.24, 2.45) is 11.8 Å². The highest BCUT2D eigenvalue weighted by Gasteiger charge is 2.39. The van der Waals surface area contributed by atoms with E-state index in [4.69, 9.17) is 0 Å². The maximum absolute atomic E-state index is 14.2. The molecule has 0 spiro atoms. The van der Waals surface area contributed by atoms with Gasteiger partial charge in [-0.2, -0.15) is 10.5 Å². The highest BCUT2D eigenvalue weighted by molar-refractivity contribution is 6.42. The predicted molar refractivity (Wildman–Crippen MR) is 194 cm³/mol. The van der Waals surface area contributed by atoms with E-state index in [1.54, 1.807) is 36.4 Å². The molecule has 0 radical (unpaired) electrons. The van der Waals surface area contributed by atoms with Crippen molar-refractivity contribution >= 4 is 66.7 Å². The normalized spacial score (nSPS) is 15.5. The fourth-order valence-electron chi connectivity index (χ4n) is 8.43. The van der Waals surface area contributed by atoms with Crippen molar-refractivity contribution < 1.29 is 19.2 Å². The van der Waals surface area contributed by atoms with Gasteiger partial charge >= 0.3 is 0 Å². The van der Waals surface area contributed by atoms with Crippen molar-refractivity contribution in [2.45, 2.75) is 79.1 Å². The Morgan fingerprint density at radius 2 is 0.920 bits per heavy atom. The van der Waals surface area contributed by atoms with Crippen LogP contribution in [0.4, 0.5) is 0 Å². The summed E-state index contributed by atoms with van der Waals surface area (Å²) in [5, 5.41) is 25.5. The predicted octanol–water partition coefficient (Wildman–Crippen LogP) is 9.11. The average Bonchev–Trinajstić information content (AvgIpc) is 3.14. The van der Waals surface area contributed by atoms with E-state index in [-0.39, 0.29) is 34.8 Å². The number of carbonyl (C=O) groups excluding carboxylic acids is 4. The van der Waals surface area contributed by atoms with Gasteiger partial charge in [-0.25, -0.2) is 0 Å². The number of nitrogens with zero attached hydrogens (tertiary/aromatic N) is 4. The third kappa shape index (κ3) is 4.76. The minimum atomic E-state index is -0.421. The van der Waals surface area contributed by atoms with E-state index >= 15 is 0 Å². The minimum absolute atomic E-state index is 0.169. The summed E-state index contributed by atoms with van der Waals surface area (Å²) in [7, 11) is 0. The van der Waals surface area contributed by atoms with Gasteiger partial charge in [0.15, 0.2) is 0 Å². The van der Waals surface area contributed by atoms with E-state index in [0.717, 1.165) is 51.4 Å². The Bertz CT molecular complexity index is 2190. The zero-order chi connectivity index (χ0) is 35.4. The van der Waals surface area contributed by atoms with Crippen LogP contribution < -0.4 is 0 Å². The highest BCUT2D eigenvalue weighted by atomic mass is 16.2. The zero-order valence-corrected chi connectivity index (χ0v) is 29.1. The number of benzene rings is 5. The summed E-state index contributed by atoms with van der Waals surface area (Å²) in [5.41, 5.74) is 1.88. The van der Waals surface area contributed by atoms with Crippen LogP contribution in [0.5, 0.6) is 0 Å². The molecule has 2 aliphatic rings. The number of amides is 4. The number of imide groups is 2. The van der Waals surface area contributed by atoms with Crippen LogP contribution >= 0.6 is 0 Å². The summed E-state index contributed by atoms with van der Waals surface area (Å²) in [4.78, 5) is 59.1. The first-order valence-electron chi connectivity index (χ1n) is 18.0. The Morgan fingerprint density at radius 3 is 1.26 bits per heavy atom. The fourth-order valence-corrected chi connectivity index (χ4v) is 8.43. The molecule has 0 saturated heterocycles. The summed E-state index contributed by atoms with van der Waals surface area (Å²) in [6.07, 6.45) is 7.57. The average molecular weight is 665 g/mol. The van der Waals surface area contributed by atoms with E-state index in [0.29, 0.717) is 78.4 Å². The highest BCUT2D eigenvalue weighted by Crippen LogP contribution is 2.48. The molecule has 7 rings (SSSR count). The molecule has 0 bridgehead atoms. The number of unbranched alkanes of at least 4 members (excludes halogenated alkanes) is 2. The number of carbonyl (C=O) groups is 4. The molecule has 0 saturated carbocycles. The Kier molecular flexibility index (Phi) is 8.52. The number of nitriles is 2. The van der Waals surface area contributed by atoms with E-state index in [1.165, 1.54) is 9.80 Å². The van der Waals surface area contributed by atoms with Gasteiger partial charge in [0.25, 0.3) is 23.6 Å². The summed E-state index contributed by atoms with van der Waals surface area (Å²) < 4.78 is 0. The third-order valence-corrected chi connectivity index (χ3v) is 11.2. The van der Waals surface area contributed by atoms with Gasteiger partial charge in [-0.3, -0.25) is 29.0 Å². The van der Waals surface area contributed by atoms with Gasteiger partial charge in [-0.15, -0.1) is 0 Å². The van der Waals surface area contributed by atoms with Gasteiger partial charge in [-0.1, -0.05) is 78.4 Å². The Balaban J connectivity index is 1.49. The van der Waals surface area contributed by atoms with E-state index in [1.807, 2.05) is 0 Å². The Hall–Kier alpha value is -5.34. The van der Waals surface area contributed by atoms with Crippen LogP contribution in [0.15, 0.2) is 36.4 Å². The first-order chi connectivity index (χ1) is 24.2. The van der Waals surface area contributed by atoms with Gasteiger partial charge in [0, 0.05) is 56.5 Å². The molecule has 0 aromatic heterocycles. The molecule has 8 heteroatoms. The largest absolute Gasteiger partial charge is 0.274 e.